The van der Waals surface area contributed by atoms with Gasteiger partial charge in [0.1, 0.15) is 17.5 Å². The molecule has 0 saturated carbocycles. The van der Waals surface area contributed by atoms with Crippen molar-refractivity contribution >= 4 is 11.6 Å². The second-order valence-electron chi connectivity index (χ2n) is 5.08. The van der Waals surface area contributed by atoms with Crippen molar-refractivity contribution in [2.45, 2.75) is 33.1 Å². The number of nitrogens with zero attached hydrogens (tertiary/aromatic N) is 2. The largest absolute Gasteiger partial charge is 0.381 e. The van der Waals surface area contributed by atoms with E-state index in [1.807, 2.05) is 13.0 Å². The third-order valence-electron chi connectivity index (χ3n) is 3.22. The highest BCUT2D eigenvalue weighted by Crippen LogP contribution is 2.16. The fourth-order valence-corrected chi connectivity index (χ4v) is 2.22. The zero-order chi connectivity index (χ0) is 13.5. The first-order chi connectivity index (χ1) is 9.28. The van der Waals surface area contributed by atoms with Crippen LogP contribution in [0, 0.1) is 12.8 Å². The summed E-state index contributed by atoms with van der Waals surface area (Å²) in [6, 6.07) is 1.98. The molecule has 0 amide bonds. The summed E-state index contributed by atoms with van der Waals surface area (Å²) in [7, 11) is 0. The Balaban J connectivity index is 1.89. The monoisotopic (exact) mass is 264 g/mol. The van der Waals surface area contributed by atoms with E-state index in [0.717, 1.165) is 50.2 Å². The standard InChI is InChI=1S/C14H24N4O/c1-3-6-15-13-8-14(18-11(2)17-13)16-9-12-5-4-7-19-10-12/h8,12H,3-7,9-10H2,1-2H3,(H2,15,16,17,18). The lowest BCUT2D eigenvalue weighted by Crippen LogP contribution is -2.24. The number of ether oxygens (including phenoxy) is 1. The number of hydrogen-bond acceptors (Lipinski definition) is 5. The molecule has 1 fully saturated rings. The molecule has 5 nitrogen and oxygen atoms in total. The highest BCUT2D eigenvalue weighted by molar-refractivity contribution is 5.47. The van der Waals surface area contributed by atoms with Gasteiger partial charge in [-0.15, -0.1) is 0 Å². The van der Waals surface area contributed by atoms with Crippen LogP contribution in [0.4, 0.5) is 11.6 Å². The van der Waals surface area contributed by atoms with Crippen molar-refractivity contribution in [3.05, 3.63) is 11.9 Å². The zero-order valence-corrected chi connectivity index (χ0v) is 11.9. The Morgan fingerprint density at radius 2 is 2.11 bits per heavy atom. The Morgan fingerprint density at radius 1 is 1.32 bits per heavy atom. The fourth-order valence-electron chi connectivity index (χ4n) is 2.22. The molecule has 19 heavy (non-hydrogen) atoms. The molecule has 1 saturated heterocycles. The smallest absolute Gasteiger partial charge is 0.131 e. The Labute approximate surface area is 115 Å². The molecule has 106 valence electrons. The normalized spacial score (nSPS) is 19.2. The van der Waals surface area contributed by atoms with Gasteiger partial charge in [0.2, 0.25) is 0 Å². The van der Waals surface area contributed by atoms with Crippen LogP contribution in [0.15, 0.2) is 6.07 Å². The molecule has 1 aliphatic heterocycles. The van der Waals surface area contributed by atoms with E-state index in [-0.39, 0.29) is 0 Å². The number of aryl methyl sites for hydroxylation is 1. The molecule has 0 aliphatic carbocycles. The predicted octanol–water partition coefficient (Wildman–Crippen LogP) is 2.45. The first-order valence-corrected chi connectivity index (χ1v) is 7.19. The third-order valence-corrected chi connectivity index (χ3v) is 3.22. The molecule has 1 aliphatic rings. The maximum Gasteiger partial charge on any atom is 0.131 e. The van der Waals surface area contributed by atoms with Crippen LogP contribution >= 0.6 is 0 Å². The van der Waals surface area contributed by atoms with E-state index in [9.17, 15) is 0 Å². The molecule has 0 radical (unpaired) electrons. The first kappa shape index (κ1) is 14.1. The Morgan fingerprint density at radius 3 is 2.79 bits per heavy atom. The summed E-state index contributed by atoms with van der Waals surface area (Å²) in [6.45, 7) is 7.69. The van der Waals surface area contributed by atoms with Crippen LogP contribution in [0.5, 0.6) is 0 Å². The number of anilines is 2. The molecule has 0 aromatic carbocycles. The van der Waals surface area contributed by atoms with E-state index in [1.54, 1.807) is 0 Å². The lowest BCUT2D eigenvalue weighted by Gasteiger charge is -2.22. The average Bonchev–Trinajstić information content (AvgIpc) is 2.43. The quantitative estimate of drug-likeness (QED) is 0.826. The van der Waals surface area contributed by atoms with Crippen molar-refractivity contribution < 1.29 is 4.74 Å². The summed E-state index contributed by atoms with van der Waals surface area (Å²) in [5.41, 5.74) is 0. The highest BCUT2D eigenvalue weighted by atomic mass is 16.5. The molecule has 1 aromatic rings. The Hall–Kier alpha value is -1.36. The summed E-state index contributed by atoms with van der Waals surface area (Å²) < 4.78 is 5.49. The van der Waals surface area contributed by atoms with E-state index >= 15 is 0 Å². The molecule has 2 rings (SSSR count). The third kappa shape index (κ3) is 4.67. The molecule has 1 atom stereocenters. The van der Waals surface area contributed by atoms with Crippen molar-refractivity contribution in [1.82, 2.24) is 9.97 Å². The van der Waals surface area contributed by atoms with Gasteiger partial charge >= 0.3 is 0 Å². The van der Waals surface area contributed by atoms with Gasteiger partial charge in [0.05, 0.1) is 6.61 Å². The molecular formula is C14H24N4O. The minimum atomic E-state index is 0.594. The van der Waals surface area contributed by atoms with Crippen molar-refractivity contribution in [3.8, 4) is 0 Å². The molecular weight excluding hydrogens is 240 g/mol. The van der Waals surface area contributed by atoms with Crippen LogP contribution < -0.4 is 10.6 Å². The minimum Gasteiger partial charge on any atom is -0.381 e. The minimum absolute atomic E-state index is 0.594. The number of hydrogen-bond donors (Lipinski definition) is 2. The van der Waals surface area contributed by atoms with Gasteiger partial charge in [0, 0.05) is 25.8 Å². The molecule has 2 heterocycles. The van der Waals surface area contributed by atoms with Crippen molar-refractivity contribution in [1.29, 1.82) is 0 Å². The van der Waals surface area contributed by atoms with E-state index in [2.05, 4.69) is 27.5 Å². The number of aromatic nitrogens is 2. The lowest BCUT2D eigenvalue weighted by atomic mass is 10.0. The van der Waals surface area contributed by atoms with Gasteiger partial charge in [-0.2, -0.15) is 0 Å². The van der Waals surface area contributed by atoms with Gasteiger partial charge in [0.15, 0.2) is 0 Å². The van der Waals surface area contributed by atoms with Crippen LogP contribution in [0.1, 0.15) is 32.0 Å². The summed E-state index contributed by atoms with van der Waals surface area (Å²) >= 11 is 0. The summed E-state index contributed by atoms with van der Waals surface area (Å²) in [6.07, 6.45) is 3.49. The maximum atomic E-state index is 5.49. The lowest BCUT2D eigenvalue weighted by molar-refractivity contribution is 0.0595. The molecule has 2 N–H and O–H groups in total. The van der Waals surface area contributed by atoms with Crippen molar-refractivity contribution in [2.75, 3.05) is 36.9 Å². The van der Waals surface area contributed by atoms with Gasteiger partial charge in [-0.25, -0.2) is 9.97 Å². The van der Waals surface area contributed by atoms with Crippen LogP contribution in [0.25, 0.3) is 0 Å². The second-order valence-corrected chi connectivity index (χ2v) is 5.08. The van der Waals surface area contributed by atoms with E-state index in [4.69, 9.17) is 4.74 Å². The molecule has 0 bridgehead atoms. The summed E-state index contributed by atoms with van der Waals surface area (Å²) in [5, 5.41) is 6.70. The van der Waals surface area contributed by atoms with Crippen molar-refractivity contribution in [3.63, 3.8) is 0 Å². The van der Waals surface area contributed by atoms with E-state index in [0.29, 0.717) is 5.92 Å². The SMILES string of the molecule is CCCNc1cc(NCC2CCCOC2)nc(C)n1. The van der Waals surface area contributed by atoms with E-state index in [1.165, 1.54) is 12.8 Å². The Kier molecular flexibility index (Phi) is 5.39. The van der Waals surface area contributed by atoms with Crippen LogP contribution in [0.2, 0.25) is 0 Å². The van der Waals surface area contributed by atoms with E-state index < -0.39 is 0 Å². The zero-order valence-electron chi connectivity index (χ0n) is 11.9. The van der Waals surface area contributed by atoms with Gasteiger partial charge in [-0.1, -0.05) is 6.92 Å². The fraction of sp³-hybridized carbons (Fsp3) is 0.714. The van der Waals surface area contributed by atoms with Gasteiger partial charge in [-0.3, -0.25) is 0 Å². The number of nitrogens with one attached hydrogen (secondary N) is 2. The Bertz CT molecular complexity index is 391. The van der Waals surface area contributed by atoms with Gasteiger partial charge in [0.25, 0.3) is 0 Å². The van der Waals surface area contributed by atoms with Crippen molar-refractivity contribution in [2.24, 2.45) is 5.92 Å². The molecule has 5 heteroatoms. The first-order valence-electron chi connectivity index (χ1n) is 7.19. The van der Waals surface area contributed by atoms with Crippen LogP contribution in [-0.4, -0.2) is 36.3 Å². The summed E-state index contributed by atoms with van der Waals surface area (Å²) in [4.78, 5) is 8.80. The second kappa shape index (κ2) is 7.28. The molecule has 0 spiro atoms. The number of rotatable bonds is 6. The van der Waals surface area contributed by atoms with Crippen LogP contribution in [-0.2, 0) is 4.74 Å². The summed E-state index contributed by atoms with van der Waals surface area (Å²) in [5.74, 6) is 3.19. The molecule has 1 unspecified atom stereocenters. The van der Waals surface area contributed by atoms with Crippen LogP contribution in [0.3, 0.4) is 0 Å². The predicted molar refractivity (Wildman–Crippen MR) is 77.6 cm³/mol. The maximum absolute atomic E-state index is 5.49. The molecule has 1 aromatic heterocycles. The van der Waals surface area contributed by atoms with Gasteiger partial charge in [-0.05, 0) is 32.1 Å². The topological polar surface area (TPSA) is 59.1 Å². The average molecular weight is 264 g/mol. The highest BCUT2D eigenvalue weighted by Gasteiger charge is 2.13. The van der Waals surface area contributed by atoms with Gasteiger partial charge < -0.3 is 15.4 Å².